The monoisotopic (exact) mass is 344 g/mol. The third kappa shape index (κ3) is 4.83. The van der Waals surface area contributed by atoms with Crippen LogP contribution >= 0.6 is 11.6 Å². The van der Waals surface area contributed by atoms with Crippen molar-refractivity contribution < 1.29 is 9.59 Å². The number of carbonyl (C=O) groups is 2. The van der Waals surface area contributed by atoms with Crippen LogP contribution in [0.4, 0.5) is 5.69 Å². The van der Waals surface area contributed by atoms with Crippen LogP contribution in [-0.2, 0) is 0 Å². The molecule has 4 nitrogen and oxygen atoms in total. The summed E-state index contributed by atoms with van der Waals surface area (Å²) in [7, 11) is 0. The van der Waals surface area contributed by atoms with E-state index in [0.717, 1.165) is 18.4 Å². The van der Waals surface area contributed by atoms with Crippen molar-refractivity contribution in [1.82, 2.24) is 5.32 Å². The van der Waals surface area contributed by atoms with E-state index < -0.39 is 0 Å². The minimum atomic E-state index is -0.280. The van der Waals surface area contributed by atoms with Gasteiger partial charge >= 0.3 is 0 Å². The normalized spacial score (nSPS) is 10.3. The molecule has 2 N–H and O–H groups in total. The number of hydrogen-bond acceptors (Lipinski definition) is 2. The average Bonchev–Trinajstić information content (AvgIpc) is 2.58. The van der Waals surface area contributed by atoms with Crippen LogP contribution < -0.4 is 10.6 Å². The van der Waals surface area contributed by atoms with Crippen LogP contribution in [-0.4, -0.2) is 18.4 Å². The highest BCUT2D eigenvalue weighted by molar-refractivity contribution is 6.31. The highest BCUT2D eigenvalue weighted by atomic mass is 35.5. The molecule has 0 fully saturated rings. The molecule has 0 aliphatic rings. The second kappa shape index (κ2) is 8.50. The Hall–Kier alpha value is -2.33. The number of hydrogen-bond donors (Lipinski definition) is 2. The Labute approximate surface area is 147 Å². The maximum atomic E-state index is 12.4. The van der Waals surface area contributed by atoms with Crippen molar-refractivity contribution >= 4 is 29.1 Å². The van der Waals surface area contributed by atoms with Crippen LogP contribution in [0.3, 0.4) is 0 Å². The van der Waals surface area contributed by atoms with Crippen LogP contribution in [0.25, 0.3) is 0 Å². The molecule has 0 heterocycles. The molecule has 0 aliphatic heterocycles. The molecule has 0 bridgehead atoms. The van der Waals surface area contributed by atoms with E-state index in [1.807, 2.05) is 13.0 Å². The fraction of sp³-hybridized carbons (Fsp3) is 0.263. The number of anilines is 1. The maximum absolute atomic E-state index is 12.4. The molecule has 0 saturated carbocycles. The predicted molar refractivity (Wildman–Crippen MR) is 97.8 cm³/mol. The maximum Gasteiger partial charge on any atom is 0.255 e. The van der Waals surface area contributed by atoms with E-state index >= 15 is 0 Å². The summed E-state index contributed by atoms with van der Waals surface area (Å²) in [6, 6.07) is 12.0. The summed E-state index contributed by atoms with van der Waals surface area (Å²) < 4.78 is 0. The molecule has 126 valence electrons. The van der Waals surface area contributed by atoms with E-state index in [-0.39, 0.29) is 11.8 Å². The number of carbonyl (C=O) groups excluding carboxylic acids is 2. The minimum absolute atomic E-state index is 0.170. The number of nitrogens with one attached hydrogen (secondary N) is 2. The van der Waals surface area contributed by atoms with Gasteiger partial charge in [-0.3, -0.25) is 9.59 Å². The lowest BCUT2D eigenvalue weighted by molar-refractivity contribution is 0.0953. The fourth-order valence-electron chi connectivity index (χ4n) is 2.16. The van der Waals surface area contributed by atoms with Gasteiger partial charge in [-0.05, 0) is 49.2 Å². The van der Waals surface area contributed by atoms with Crippen molar-refractivity contribution in [2.45, 2.75) is 26.7 Å². The highest BCUT2D eigenvalue weighted by Crippen LogP contribution is 2.20. The third-order valence-corrected chi connectivity index (χ3v) is 4.04. The van der Waals surface area contributed by atoms with Gasteiger partial charge in [-0.1, -0.05) is 37.1 Å². The van der Waals surface area contributed by atoms with Gasteiger partial charge in [-0.15, -0.1) is 0 Å². The summed E-state index contributed by atoms with van der Waals surface area (Å²) in [5.41, 5.74) is 2.46. The van der Waals surface area contributed by atoms with Gasteiger partial charge in [0.15, 0.2) is 0 Å². The van der Waals surface area contributed by atoms with Crippen molar-refractivity contribution in [1.29, 1.82) is 0 Å². The summed E-state index contributed by atoms with van der Waals surface area (Å²) in [6.45, 7) is 4.59. The average molecular weight is 345 g/mol. The zero-order valence-electron chi connectivity index (χ0n) is 13.9. The number of aryl methyl sites for hydroxylation is 1. The zero-order valence-corrected chi connectivity index (χ0v) is 14.6. The van der Waals surface area contributed by atoms with E-state index in [9.17, 15) is 9.59 Å². The van der Waals surface area contributed by atoms with Crippen LogP contribution in [0.2, 0.25) is 5.02 Å². The standard InChI is InChI=1S/C19H21ClN2O2/c1-3-4-10-21-18(23)14-6-5-7-15(11-14)19(24)22-16-9-8-13(2)17(20)12-16/h5-9,11-12H,3-4,10H2,1-2H3,(H,21,23)(H,22,24). The van der Waals surface area contributed by atoms with Crippen molar-refractivity contribution in [3.63, 3.8) is 0 Å². The first-order valence-corrected chi connectivity index (χ1v) is 8.35. The van der Waals surface area contributed by atoms with Crippen molar-refractivity contribution in [3.8, 4) is 0 Å². The van der Waals surface area contributed by atoms with Gasteiger partial charge in [0, 0.05) is 28.4 Å². The van der Waals surface area contributed by atoms with Crippen LogP contribution in [0.1, 0.15) is 46.0 Å². The SMILES string of the molecule is CCCCNC(=O)c1cccc(C(=O)Nc2ccc(C)c(Cl)c2)c1. The molecule has 5 heteroatoms. The summed E-state index contributed by atoms with van der Waals surface area (Å²) >= 11 is 6.07. The quantitative estimate of drug-likeness (QED) is 0.761. The first-order chi connectivity index (χ1) is 11.5. The van der Waals surface area contributed by atoms with E-state index in [1.165, 1.54) is 0 Å². The smallest absolute Gasteiger partial charge is 0.255 e. The number of benzene rings is 2. The van der Waals surface area contributed by atoms with E-state index in [4.69, 9.17) is 11.6 Å². The van der Waals surface area contributed by atoms with Gasteiger partial charge in [0.05, 0.1) is 0 Å². The van der Waals surface area contributed by atoms with Gasteiger partial charge in [0.25, 0.3) is 11.8 Å². The fourth-order valence-corrected chi connectivity index (χ4v) is 2.34. The lowest BCUT2D eigenvalue weighted by Crippen LogP contribution is -2.24. The Kier molecular flexibility index (Phi) is 6.38. The van der Waals surface area contributed by atoms with Crippen LogP contribution in [0.5, 0.6) is 0 Å². The Morgan fingerprint density at radius 2 is 1.75 bits per heavy atom. The Morgan fingerprint density at radius 3 is 2.42 bits per heavy atom. The number of amides is 2. The van der Waals surface area contributed by atoms with E-state index in [2.05, 4.69) is 17.6 Å². The summed E-state index contributed by atoms with van der Waals surface area (Å²) in [6.07, 6.45) is 1.95. The molecule has 0 radical (unpaired) electrons. The van der Waals surface area contributed by atoms with Crippen LogP contribution in [0.15, 0.2) is 42.5 Å². The largest absolute Gasteiger partial charge is 0.352 e. The van der Waals surface area contributed by atoms with Crippen molar-refractivity contribution in [3.05, 3.63) is 64.2 Å². The number of halogens is 1. The molecule has 2 rings (SSSR count). The molecular formula is C19H21ClN2O2. The van der Waals surface area contributed by atoms with E-state index in [1.54, 1.807) is 36.4 Å². The number of unbranched alkanes of at least 4 members (excludes halogenated alkanes) is 1. The molecule has 24 heavy (non-hydrogen) atoms. The van der Waals surface area contributed by atoms with Gasteiger partial charge < -0.3 is 10.6 Å². The molecule has 2 aromatic carbocycles. The summed E-state index contributed by atoms with van der Waals surface area (Å²) in [5, 5.41) is 6.23. The summed E-state index contributed by atoms with van der Waals surface area (Å²) in [5.74, 6) is -0.449. The predicted octanol–water partition coefficient (Wildman–Crippen LogP) is 4.43. The Morgan fingerprint density at radius 1 is 1.04 bits per heavy atom. The molecule has 2 aromatic rings. The first kappa shape index (κ1) is 18.0. The molecule has 0 atom stereocenters. The van der Waals surface area contributed by atoms with Gasteiger partial charge in [0.1, 0.15) is 0 Å². The molecule has 0 unspecified atom stereocenters. The second-order valence-electron chi connectivity index (χ2n) is 5.61. The second-order valence-corrected chi connectivity index (χ2v) is 6.02. The van der Waals surface area contributed by atoms with Crippen molar-refractivity contribution in [2.24, 2.45) is 0 Å². The zero-order chi connectivity index (χ0) is 17.5. The van der Waals surface area contributed by atoms with Crippen LogP contribution in [0, 0.1) is 6.92 Å². The minimum Gasteiger partial charge on any atom is -0.352 e. The van der Waals surface area contributed by atoms with Crippen molar-refractivity contribution in [2.75, 3.05) is 11.9 Å². The molecular weight excluding hydrogens is 324 g/mol. The first-order valence-electron chi connectivity index (χ1n) is 7.97. The van der Waals surface area contributed by atoms with Gasteiger partial charge in [-0.25, -0.2) is 0 Å². The highest BCUT2D eigenvalue weighted by Gasteiger charge is 2.11. The molecule has 0 spiro atoms. The molecule has 2 amide bonds. The molecule has 0 saturated heterocycles. The lowest BCUT2D eigenvalue weighted by Gasteiger charge is -2.09. The van der Waals surface area contributed by atoms with E-state index in [0.29, 0.717) is 28.4 Å². The van der Waals surface area contributed by atoms with Gasteiger partial charge in [0.2, 0.25) is 0 Å². The Bertz CT molecular complexity index is 744. The molecule has 0 aromatic heterocycles. The number of rotatable bonds is 6. The topological polar surface area (TPSA) is 58.2 Å². The summed E-state index contributed by atoms with van der Waals surface area (Å²) in [4.78, 5) is 24.4. The third-order valence-electron chi connectivity index (χ3n) is 3.63. The Balaban J connectivity index is 2.08. The molecule has 0 aliphatic carbocycles. The van der Waals surface area contributed by atoms with Gasteiger partial charge in [-0.2, -0.15) is 0 Å². The lowest BCUT2D eigenvalue weighted by atomic mass is 10.1.